The molecule has 0 fully saturated rings. The molecule has 35 heteroatoms. The number of methoxy groups -OCH3 is 2. The third-order valence-corrected chi connectivity index (χ3v) is 15.8. The van der Waals surface area contributed by atoms with Crippen molar-refractivity contribution in [2.75, 3.05) is 27.2 Å². The molecule has 5 aromatic rings. The van der Waals surface area contributed by atoms with Gasteiger partial charge in [0.1, 0.15) is 35.8 Å². The SMILES string of the molecule is C.O.O.O.O.[CH-]=O.[CH-]=O.[CH-]=O.[CH-]=O.[CH-]=O.[CH-]=O.[CH-]=O.[CH-]=O.[CH-]=O.[CH-]=O.[CH-]=O.[CH-]=O.[CH-]=O.[CH-]=O.[CH-]=O.[CH-]=O.[CH-]=O.[CH-]=O.[CH2-]COc1c2cc(C(C)(C)C)cc1Cc1cc(C(C)(C)C)cc(c1OC)Cc1cc(C(C)(C)C)cc(c1OC[PH+](c1ccccc1)c1ccccc1)CC/C(OC)=C(\C=C(/C)C(C)(C)C)C2.[CH3-].[CH3-].[CH3-].[CH3-].[Ir+3].[Ir+3].[Ir+3].[Ir+3].[Ir+3].[Ir].[Ir].[Ir]. The predicted molar refractivity (Wildman–Crippen MR) is 452 cm³/mol. The maximum absolute atomic E-state index is 7.75. The quantitative estimate of drug-likeness (QED) is 0.0715. The molecule has 0 aromatic heterocycles. The van der Waals surface area contributed by atoms with Crippen LogP contribution in [0.2, 0.25) is 0 Å². The second-order valence-corrected chi connectivity index (χ2v) is 24.8. The summed E-state index contributed by atoms with van der Waals surface area (Å²) in [6, 6.07) is 36.2. The van der Waals surface area contributed by atoms with E-state index in [0.717, 1.165) is 57.3 Å². The Hall–Kier alpha value is -5.70. The van der Waals surface area contributed by atoms with Crippen molar-refractivity contribution >= 4 is 141 Å². The van der Waals surface area contributed by atoms with E-state index in [4.69, 9.17) is 105 Å². The summed E-state index contributed by atoms with van der Waals surface area (Å²) in [6.45, 7) is 92.9. The van der Waals surface area contributed by atoms with Gasteiger partial charge in [0.25, 0.3) is 0 Å². The van der Waals surface area contributed by atoms with Gasteiger partial charge in [-0.15, -0.1) is 0 Å². The van der Waals surface area contributed by atoms with Crippen molar-refractivity contribution in [1.29, 1.82) is 0 Å². The van der Waals surface area contributed by atoms with Crippen LogP contribution in [0.1, 0.15) is 154 Å². The molecule has 8 N–H and O–H groups in total. The summed E-state index contributed by atoms with van der Waals surface area (Å²) in [7, 11) is 2.35. The molecule has 3 radical (unpaired) electrons. The van der Waals surface area contributed by atoms with Crippen LogP contribution in [0.4, 0.5) is 0 Å². The number of ether oxygens (including phenoxy) is 4. The Labute approximate surface area is 823 Å². The van der Waals surface area contributed by atoms with Gasteiger partial charge < -0.3 is 164 Å². The van der Waals surface area contributed by atoms with Crippen molar-refractivity contribution in [1.82, 2.24) is 0 Å². The van der Waals surface area contributed by atoms with Crippen molar-refractivity contribution in [3.63, 3.8) is 0 Å². The van der Waals surface area contributed by atoms with Crippen molar-refractivity contribution in [3.05, 3.63) is 207 Å². The van der Waals surface area contributed by atoms with Crippen LogP contribution in [-0.2, 0) is 294 Å². The molecule has 5 aromatic carbocycles. The molecule has 1 aliphatic rings. The molecule has 26 nitrogen and oxygen atoms in total. The molecule has 0 heterocycles. The van der Waals surface area contributed by atoms with Crippen LogP contribution in [0.15, 0.2) is 120 Å². The van der Waals surface area contributed by atoms with Crippen LogP contribution < -0.4 is 24.8 Å². The van der Waals surface area contributed by atoms with E-state index in [-0.39, 0.29) is 242 Å². The summed E-state index contributed by atoms with van der Waals surface area (Å²) in [5.41, 5.74) is 12.9. The first kappa shape index (κ1) is 206. The molecule has 119 heavy (non-hydrogen) atoms. The van der Waals surface area contributed by atoms with Gasteiger partial charge in [-0.25, -0.2) is 0 Å². The fourth-order valence-corrected chi connectivity index (χ4v) is 11.0. The number of carbonyl (C=O) groups excluding carboxylic acids is 18. The van der Waals surface area contributed by atoms with E-state index < -0.39 is 7.92 Å². The average molecular weight is 3120 g/mol. The van der Waals surface area contributed by atoms with Crippen LogP contribution >= 0.6 is 7.92 Å². The minimum atomic E-state index is -1.32. The van der Waals surface area contributed by atoms with Gasteiger partial charge in [0.15, 0.2) is 0 Å². The van der Waals surface area contributed by atoms with Crippen LogP contribution in [-0.4, -0.2) is 171 Å². The van der Waals surface area contributed by atoms with Crippen molar-refractivity contribution < 1.29 is 288 Å². The Morgan fingerprint density at radius 1 is 0.361 bits per heavy atom. The number of hydrogen-bond donors (Lipinski definition) is 0. The van der Waals surface area contributed by atoms with Crippen LogP contribution in [0, 0.1) is 42.0 Å². The molecule has 0 atom stereocenters. The van der Waals surface area contributed by atoms with E-state index >= 15 is 0 Å². The maximum atomic E-state index is 7.75. The fraction of sp³-hybridized carbons (Fsp3) is 0.321. The van der Waals surface area contributed by atoms with Gasteiger partial charge >= 0.3 is 101 Å². The Balaban J connectivity index is -0.0000000475. The molecule has 0 saturated carbocycles. The molecule has 0 saturated heterocycles. The molecular formula is C84H121Ir8O26P-7. The summed E-state index contributed by atoms with van der Waals surface area (Å²) in [5, 5.41) is 2.66. The van der Waals surface area contributed by atoms with Crippen LogP contribution in [0.25, 0.3) is 0 Å². The monoisotopic (exact) mass is 3120 g/mol. The topological polar surface area (TPSA) is 470 Å². The molecule has 0 unspecified atom stereocenters. The summed E-state index contributed by atoms with van der Waals surface area (Å²) in [4.78, 5) is 140. The molecule has 6 rings (SSSR count). The van der Waals surface area contributed by atoms with E-state index in [9.17, 15) is 0 Å². The zero-order valence-corrected chi connectivity index (χ0v) is 89.7. The van der Waals surface area contributed by atoms with Crippen LogP contribution in [0.5, 0.6) is 17.2 Å². The largest absolute Gasteiger partial charge is 3.00 e. The number of hydrogen-bond acceptors (Lipinski definition) is 22. The molecule has 6 bridgehead atoms. The second-order valence-electron chi connectivity index (χ2n) is 22.4. The Bertz CT molecular complexity index is 2840. The number of allylic oxidation sites excluding steroid dienone is 4. The third kappa shape index (κ3) is 84.3. The number of aryl methyl sites for hydroxylation is 1. The Morgan fingerprint density at radius 3 is 0.807 bits per heavy atom. The van der Waals surface area contributed by atoms with E-state index in [1.807, 2.05) is 14.2 Å². The van der Waals surface area contributed by atoms with Crippen molar-refractivity contribution in [2.24, 2.45) is 5.41 Å². The van der Waals surface area contributed by atoms with E-state index in [1.165, 1.54) is 44.0 Å². The first-order valence-electron chi connectivity index (χ1n) is 28.2. The summed E-state index contributed by atoms with van der Waals surface area (Å²) >= 11 is 0. The van der Waals surface area contributed by atoms with Gasteiger partial charge in [-0.2, -0.15) is 0 Å². The first-order valence-corrected chi connectivity index (χ1v) is 30.0. The maximum Gasteiger partial charge on any atom is 3.00 e. The van der Waals surface area contributed by atoms with E-state index in [0.29, 0.717) is 38.6 Å². The summed E-state index contributed by atoms with van der Waals surface area (Å²) < 4.78 is 27.2. The minimum Gasteiger partial charge on any atom is -0.545 e. The predicted octanol–water partition coefficient (Wildman–Crippen LogP) is 8.75. The van der Waals surface area contributed by atoms with Gasteiger partial charge in [-0.05, 0) is 122 Å². The molecule has 1 aliphatic carbocycles. The van der Waals surface area contributed by atoms with Crippen molar-refractivity contribution in [3.8, 4) is 17.2 Å². The number of benzene rings is 5. The fourth-order valence-electron chi connectivity index (χ4n) is 8.86. The van der Waals surface area contributed by atoms with Gasteiger partial charge in [0, 0.05) is 86.0 Å². The third-order valence-electron chi connectivity index (χ3n) is 13.3. The normalized spacial score (nSPS) is 9.17. The standard InChI is InChI=1S/C61H78O4P.18CHO.CH4.4CH3.8Ir.4H2O/c1-17-64-57-46-31-43(30-41(2)58(3,4)5)54(62-15)29-28-42-34-49(59(6,7)8)38-47(56(42)65-40-66(52-24-20-18-21-25-52)53-26-22-19-23-27-53)32-44-35-50(60(9,10)11)36-45(55(44)63-16)33-48(57)39-51(37-46)61(12,13)14;18*1-2;;;;;;;;;;;;;;;;;/h18-27,30,34-39H,1,17,28-29,31-33,40H2,2-16H3;18*1H;1H4;4*1H3;;;;;;;;;4*1H2/q19*-1;;4*-1;;;;5*+3;;;;/p+1/b41-30+,54-43-;;;;;;;;;;;;;;;;;;;;;;;;;;;;;;;;;;;. The van der Waals surface area contributed by atoms with Gasteiger partial charge in [0.2, 0.25) is 6.35 Å². The molecule has 0 aliphatic heterocycles. The summed E-state index contributed by atoms with van der Waals surface area (Å²) in [5.74, 6) is 3.76. The van der Waals surface area contributed by atoms with Gasteiger partial charge in [-0.1, -0.05) is 175 Å². The summed E-state index contributed by atoms with van der Waals surface area (Å²) in [6.07, 6.45) is 6.32. The average Bonchev–Trinajstić information content (AvgIpc) is 0.772. The minimum absolute atomic E-state index is 0. The Kier molecular flexibility index (Phi) is 239. The molecule has 0 spiro atoms. The smallest absolute Gasteiger partial charge is 0.545 e. The van der Waals surface area contributed by atoms with Gasteiger partial charge in [-0.3, -0.25) is 122 Å². The number of rotatable bonds is 10. The Morgan fingerprint density at radius 2 is 0.588 bits per heavy atom. The zero-order valence-electron chi connectivity index (χ0n) is 69.5. The molecular weight excluding hydrogens is 2990 g/mol. The van der Waals surface area contributed by atoms with E-state index in [1.54, 1.807) is 0 Å². The zero-order chi connectivity index (χ0) is 84.2. The second kappa shape index (κ2) is 138. The van der Waals surface area contributed by atoms with Gasteiger partial charge in [0.05, 0.1) is 20.0 Å². The molecule has 697 valence electrons. The molecule has 0 amide bonds. The first-order chi connectivity index (χ1) is 49.0. The van der Waals surface area contributed by atoms with Crippen LogP contribution in [0.3, 0.4) is 0 Å². The number of fused-ring (bicyclic) bond motifs is 6. The van der Waals surface area contributed by atoms with Crippen molar-refractivity contribution in [2.45, 2.75) is 146 Å². The van der Waals surface area contributed by atoms with E-state index in [2.05, 4.69) is 322 Å².